The molecule has 0 fully saturated rings. The van der Waals surface area contributed by atoms with Crippen LogP contribution < -0.4 is 5.32 Å². The smallest absolute Gasteiger partial charge is 0.145 e. The van der Waals surface area contributed by atoms with Crippen LogP contribution in [-0.4, -0.2) is 9.97 Å². The summed E-state index contributed by atoms with van der Waals surface area (Å²) in [6, 6.07) is 9.29. The van der Waals surface area contributed by atoms with Gasteiger partial charge in [-0.2, -0.15) is 10.5 Å². The van der Waals surface area contributed by atoms with Crippen LogP contribution >= 0.6 is 0 Å². The number of nitriles is 2. The van der Waals surface area contributed by atoms with E-state index in [0.29, 0.717) is 5.92 Å². The minimum atomic E-state index is 0.0372. The van der Waals surface area contributed by atoms with Crippen molar-refractivity contribution in [3.63, 3.8) is 0 Å². The van der Waals surface area contributed by atoms with Crippen LogP contribution in [0.15, 0.2) is 30.0 Å². The number of aromatic nitrogens is 2. The highest BCUT2D eigenvalue weighted by atomic mass is 14.9. The quantitative estimate of drug-likeness (QED) is 0.831. The third-order valence-electron chi connectivity index (χ3n) is 2.76. The van der Waals surface area contributed by atoms with Crippen molar-refractivity contribution in [3.05, 3.63) is 35.8 Å². The second-order valence-corrected chi connectivity index (χ2v) is 4.94. The van der Waals surface area contributed by atoms with E-state index in [0.717, 1.165) is 29.0 Å². The first-order valence-electron chi connectivity index (χ1n) is 6.38. The first kappa shape index (κ1) is 13.6. The lowest BCUT2D eigenvalue weighted by molar-refractivity contribution is 0.627. The number of H-pyrrole nitrogens is 1. The van der Waals surface area contributed by atoms with Crippen molar-refractivity contribution in [2.24, 2.45) is 5.92 Å². The van der Waals surface area contributed by atoms with Gasteiger partial charge in [-0.05, 0) is 24.1 Å². The third-order valence-corrected chi connectivity index (χ3v) is 2.76. The Kier molecular flexibility index (Phi) is 4.02. The summed E-state index contributed by atoms with van der Waals surface area (Å²) in [5, 5.41) is 20.3. The number of anilines is 1. The van der Waals surface area contributed by atoms with Crippen LogP contribution in [0.25, 0.3) is 11.0 Å². The van der Waals surface area contributed by atoms with Crippen molar-refractivity contribution in [1.29, 1.82) is 10.5 Å². The molecule has 0 amide bonds. The van der Waals surface area contributed by atoms with E-state index in [-0.39, 0.29) is 5.57 Å². The van der Waals surface area contributed by atoms with Gasteiger partial charge in [-0.3, -0.25) is 0 Å². The fourth-order valence-electron chi connectivity index (χ4n) is 1.88. The lowest BCUT2D eigenvalue weighted by Crippen LogP contribution is -1.95. The zero-order valence-corrected chi connectivity index (χ0v) is 11.4. The molecule has 2 N–H and O–H groups in total. The van der Waals surface area contributed by atoms with Gasteiger partial charge in [0.2, 0.25) is 0 Å². The number of nitrogens with zero attached hydrogens (tertiary/aromatic N) is 3. The molecule has 5 heteroatoms. The van der Waals surface area contributed by atoms with E-state index < -0.39 is 0 Å². The maximum atomic E-state index is 8.67. The first-order valence-corrected chi connectivity index (χ1v) is 6.38. The van der Waals surface area contributed by atoms with Gasteiger partial charge in [-0.1, -0.05) is 13.8 Å². The highest BCUT2D eigenvalue weighted by Crippen LogP contribution is 2.18. The lowest BCUT2D eigenvalue weighted by Gasteiger charge is -1.99. The van der Waals surface area contributed by atoms with Gasteiger partial charge in [-0.15, -0.1) is 0 Å². The third kappa shape index (κ3) is 3.15. The van der Waals surface area contributed by atoms with Crippen molar-refractivity contribution >= 4 is 16.7 Å². The van der Waals surface area contributed by atoms with Gasteiger partial charge >= 0.3 is 0 Å². The molecule has 0 saturated heterocycles. The van der Waals surface area contributed by atoms with E-state index in [4.69, 9.17) is 10.5 Å². The average Bonchev–Trinajstić information content (AvgIpc) is 2.80. The van der Waals surface area contributed by atoms with Crippen LogP contribution in [0.4, 0.5) is 5.69 Å². The molecule has 1 heterocycles. The Hall–Kier alpha value is -2.79. The molecule has 100 valence electrons. The molecule has 5 nitrogen and oxygen atoms in total. The predicted molar refractivity (Wildman–Crippen MR) is 77.6 cm³/mol. The van der Waals surface area contributed by atoms with E-state index in [1.807, 2.05) is 18.2 Å². The Morgan fingerprint density at radius 2 is 2.15 bits per heavy atom. The molecule has 2 rings (SSSR count). The molecule has 0 radical (unpaired) electrons. The SMILES string of the molecule is CC(C)Cc1nc2ccc(NC=C(C#N)C#N)cc2[nH]1. The van der Waals surface area contributed by atoms with Crippen LogP contribution in [0.3, 0.4) is 0 Å². The highest BCUT2D eigenvalue weighted by Gasteiger charge is 2.05. The molecule has 2 aromatic rings. The molecule has 0 unspecified atom stereocenters. The molecule has 0 aliphatic carbocycles. The minimum Gasteiger partial charge on any atom is -0.360 e. The van der Waals surface area contributed by atoms with Gasteiger partial charge < -0.3 is 10.3 Å². The fraction of sp³-hybridized carbons (Fsp3) is 0.267. The number of aromatic amines is 1. The summed E-state index contributed by atoms with van der Waals surface area (Å²) in [6.45, 7) is 4.30. The molecule has 1 aromatic carbocycles. The number of rotatable bonds is 4. The number of allylic oxidation sites excluding steroid dienone is 1. The molecule has 0 atom stereocenters. The van der Waals surface area contributed by atoms with Crippen molar-refractivity contribution in [2.75, 3.05) is 5.32 Å². The fourth-order valence-corrected chi connectivity index (χ4v) is 1.88. The molecular weight excluding hydrogens is 250 g/mol. The van der Waals surface area contributed by atoms with Crippen LogP contribution in [-0.2, 0) is 6.42 Å². The summed E-state index contributed by atoms with van der Waals surface area (Å²) in [5.41, 5.74) is 2.70. The van der Waals surface area contributed by atoms with E-state index >= 15 is 0 Å². The van der Waals surface area contributed by atoms with Crippen LogP contribution in [0, 0.1) is 28.6 Å². The molecule has 0 bridgehead atoms. The van der Waals surface area contributed by atoms with Crippen molar-refractivity contribution in [3.8, 4) is 12.1 Å². The molecular formula is C15H15N5. The number of benzene rings is 1. The Balaban J connectivity index is 2.24. The van der Waals surface area contributed by atoms with Crippen LogP contribution in [0.2, 0.25) is 0 Å². The van der Waals surface area contributed by atoms with Gasteiger partial charge in [0.25, 0.3) is 0 Å². The molecule has 0 aliphatic heterocycles. The van der Waals surface area contributed by atoms with Gasteiger partial charge in [0.1, 0.15) is 23.5 Å². The summed E-state index contributed by atoms with van der Waals surface area (Å²) in [7, 11) is 0. The predicted octanol–water partition coefficient (Wildman–Crippen LogP) is 3.10. The average molecular weight is 265 g/mol. The summed E-state index contributed by atoms with van der Waals surface area (Å²) in [4.78, 5) is 7.80. The minimum absolute atomic E-state index is 0.0372. The Bertz CT molecular complexity index is 709. The summed E-state index contributed by atoms with van der Waals surface area (Å²) in [5.74, 6) is 1.52. The largest absolute Gasteiger partial charge is 0.360 e. The van der Waals surface area contributed by atoms with E-state index in [9.17, 15) is 0 Å². The van der Waals surface area contributed by atoms with Gasteiger partial charge in [-0.25, -0.2) is 4.98 Å². The van der Waals surface area contributed by atoms with E-state index in [2.05, 4.69) is 29.1 Å². The zero-order chi connectivity index (χ0) is 14.5. The first-order chi connectivity index (χ1) is 9.62. The normalized spacial score (nSPS) is 10.1. The zero-order valence-electron chi connectivity index (χ0n) is 11.4. The van der Waals surface area contributed by atoms with Crippen molar-refractivity contribution in [2.45, 2.75) is 20.3 Å². The maximum Gasteiger partial charge on any atom is 0.145 e. The van der Waals surface area contributed by atoms with Gasteiger partial charge in [0.15, 0.2) is 0 Å². The van der Waals surface area contributed by atoms with Crippen molar-refractivity contribution < 1.29 is 0 Å². The number of hydrogen-bond donors (Lipinski definition) is 2. The van der Waals surface area contributed by atoms with E-state index in [1.54, 1.807) is 12.1 Å². The Labute approximate surface area is 117 Å². The lowest BCUT2D eigenvalue weighted by atomic mass is 10.1. The summed E-state index contributed by atoms with van der Waals surface area (Å²) >= 11 is 0. The highest BCUT2D eigenvalue weighted by molar-refractivity contribution is 5.79. The maximum absolute atomic E-state index is 8.67. The number of hydrogen-bond acceptors (Lipinski definition) is 4. The van der Waals surface area contributed by atoms with Gasteiger partial charge in [0.05, 0.1) is 11.0 Å². The molecule has 0 saturated carbocycles. The summed E-state index contributed by atoms with van der Waals surface area (Å²) in [6.07, 6.45) is 2.30. The molecule has 1 aromatic heterocycles. The van der Waals surface area contributed by atoms with Crippen LogP contribution in [0.1, 0.15) is 19.7 Å². The van der Waals surface area contributed by atoms with E-state index in [1.165, 1.54) is 6.20 Å². The molecule has 0 spiro atoms. The second kappa shape index (κ2) is 5.90. The topological polar surface area (TPSA) is 88.3 Å². The number of fused-ring (bicyclic) bond motifs is 1. The van der Waals surface area contributed by atoms with Gasteiger partial charge in [0, 0.05) is 18.3 Å². The second-order valence-electron chi connectivity index (χ2n) is 4.94. The molecule has 0 aliphatic rings. The number of imidazole rings is 1. The Morgan fingerprint density at radius 3 is 2.80 bits per heavy atom. The molecule has 20 heavy (non-hydrogen) atoms. The van der Waals surface area contributed by atoms with Crippen LogP contribution in [0.5, 0.6) is 0 Å². The monoisotopic (exact) mass is 265 g/mol. The van der Waals surface area contributed by atoms with Crippen molar-refractivity contribution in [1.82, 2.24) is 9.97 Å². The standard InChI is InChI=1S/C15H15N5/c1-10(2)5-15-19-13-4-3-12(6-14(13)20-15)18-9-11(7-16)8-17/h3-4,6,9-10,18H,5H2,1-2H3,(H,19,20). The summed E-state index contributed by atoms with van der Waals surface area (Å²) < 4.78 is 0. The number of nitrogens with one attached hydrogen (secondary N) is 2. The Morgan fingerprint density at radius 1 is 1.40 bits per heavy atom.